The molecule has 1 saturated heterocycles. The minimum Gasteiger partial charge on any atom is -0.392 e. The van der Waals surface area contributed by atoms with E-state index in [9.17, 15) is 4.39 Å². The number of nitrogens with zero attached hydrogens (tertiary/aromatic N) is 2. The molecular formula is C15H23FN2O. The normalized spacial score (nSPS) is 17.7. The zero-order chi connectivity index (χ0) is 13.8. The lowest BCUT2D eigenvalue weighted by Gasteiger charge is -2.32. The van der Waals surface area contributed by atoms with Gasteiger partial charge in [0.2, 0.25) is 0 Å². The molecule has 0 aliphatic carbocycles. The van der Waals surface area contributed by atoms with Gasteiger partial charge in [0.1, 0.15) is 5.82 Å². The zero-order valence-corrected chi connectivity index (χ0v) is 11.8. The predicted octanol–water partition coefficient (Wildman–Crippen LogP) is 2.10. The number of benzene rings is 1. The Morgan fingerprint density at radius 2 is 2.00 bits per heavy atom. The van der Waals surface area contributed by atoms with Crippen LogP contribution in [0, 0.1) is 11.7 Å². The van der Waals surface area contributed by atoms with Gasteiger partial charge in [-0.25, -0.2) is 4.39 Å². The van der Waals surface area contributed by atoms with Crippen LogP contribution in [0.4, 0.5) is 10.1 Å². The molecular weight excluding hydrogens is 243 g/mol. The van der Waals surface area contributed by atoms with Crippen molar-refractivity contribution >= 4 is 5.69 Å². The first kappa shape index (κ1) is 14.3. The number of piperidine rings is 1. The molecule has 19 heavy (non-hydrogen) atoms. The molecule has 0 spiro atoms. The van der Waals surface area contributed by atoms with Crippen LogP contribution in [0.15, 0.2) is 18.2 Å². The summed E-state index contributed by atoms with van der Waals surface area (Å²) >= 11 is 0. The lowest BCUT2D eigenvalue weighted by Crippen LogP contribution is -2.35. The van der Waals surface area contributed by atoms with Crippen molar-refractivity contribution in [1.29, 1.82) is 0 Å². The fraction of sp³-hybridized carbons (Fsp3) is 0.600. The van der Waals surface area contributed by atoms with Crippen molar-refractivity contribution in [2.75, 3.05) is 38.6 Å². The number of aliphatic hydroxyl groups is 1. The topological polar surface area (TPSA) is 26.7 Å². The van der Waals surface area contributed by atoms with Crippen molar-refractivity contribution in [3.63, 3.8) is 0 Å². The average molecular weight is 266 g/mol. The third kappa shape index (κ3) is 3.91. The summed E-state index contributed by atoms with van der Waals surface area (Å²) in [4.78, 5) is 4.45. The van der Waals surface area contributed by atoms with E-state index in [2.05, 4.69) is 16.8 Å². The molecule has 4 heteroatoms. The van der Waals surface area contributed by atoms with Crippen LogP contribution in [0.3, 0.4) is 0 Å². The molecule has 0 radical (unpaired) electrons. The average Bonchev–Trinajstić information content (AvgIpc) is 2.40. The molecule has 106 valence electrons. The quantitative estimate of drug-likeness (QED) is 0.904. The second kappa shape index (κ2) is 6.35. The third-order valence-electron chi connectivity index (χ3n) is 3.94. The van der Waals surface area contributed by atoms with E-state index in [1.807, 2.05) is 13.1 Å². The van der Waals surface area contributed by atoms with Gasteiger partial charge >= 0.3 is 0 Å². The van der Waals surface area contributed by atoms with Crippen LogP contribution in [0.25, 0.3) is 0 Å². The van der Waals surface area contributed by atoms with Gasteiger partial charge in [-0.3, -0.25) is 0 Å². The van der Waals surface area contributed by atoms with Gasteiger partial charge in [0.15, 0.2) is 0 Å². The smallest absolute Gasteiger partial charge is 0.125 e. The molecule has 0 bridgehead atoms. The number of hydrogen-bond acceptors (Lipinski definition) is 3. The molecule has 0 aromatic heterocycles. The highest BCUT2D eigenvalue weighted by Crippen LogP contribution is 2.22. The summed E-state index contributed by atoms with van der Waals surface area (Å²) in [5.41, 5.74) is 1.48. The molecule has 1 fully saturated rings. The molecule has 3 nitrogen and oxygen atoms in total. The molecule has 1 aliphatic heterocycles. The molecule has 0 unspecified atom stereocenters. The largest absolute Gasteiger partial charge is 0.392 e. The minimum atomic E-state index is -0.281. The van der Waals surface area contributed by atoms with Crippen molar-refractivity contribution < 1.29 is 9.50 Å². The predicted molar refractivity (Wildman–Crippen MR) is 75.8 cm³/mol. The van der Waals surface area contributed by atoms with Crippen LogP contribution in [-0.2, 0) is 6.61 Å². The van der Waals surface area contributed by atoms with Crippen LogP contribution in [0.5, 0.6) is 0 Å². The van der Waals surface area contributed by atoms with Crippen LogP contribution in [0.2, 0.25) is 0 Å². The lowest BCUT2D eigenvalue weighted by molar-refractivity contribution is 0.222. The molecule has 0 amide bonds. The van der Waals surface area contributed by atoms with Crippen molar-refractivity contribution in [1.82, 2.24) is 4.90 Å². The number of hydrogen-bond donors (Lipinski definition) is 1. The Hall–Kier alpha value is -1.13. The summed E-state index contributed by atoms with van der Waals surface area (Å²) in [7, 11) is 4.15. The van der Waals surface area contributed by atoms with E-state index in [0.717, 1.165) is 25.3 Å². The summed E-state index contributed by atoms with van der Waals surface area (Å²) in [5.74, 6) is 0.388. The molecule has 1 aromatic carbocycles. The van der Waals surface area contributed by atoms with Crippen molar-refractivity contribution in [3.05, 3.63) is 29.6 Å². The van der Waals surface area contributed by atoms with Crippen LogP contribution in [0.1, 0.15) is 18.4 Å². The van der Waals surface area contributed by atoms with Gasteiger partial charge in [-0.15, -0.1) is 0 Å². The number of anilines is 1. The fourth-order valence-corrected chi connectivity index (χ4v) is 2.68. The highest BCUT2D eigenvalue weighted by molar-refractivity contribution is 5.48. The SMILES string of the molecule is CN1CCC(CN(C)c2cc(F)cc(CO)c2)CC1. The van der Waals surface area contributed by atoms with Crippen LogP contribution in [-0.4, -0.2) is 43.7 Å². The van der Waals surface area contributed by atoms with Crippen LogP contribution >= 0.6 is 0 Å². The minimum absolute atomic E-state index is 0.118. The van der Waals surface area contributed by atoms with E-state index < -0.39 is 0 Å². The van der Waals surface area contributed by atoms with E-state index >= 15 is 0 Å². The summed E-state index contributed by atoms with van der Waals surface area (Å²) in [6.07, 6.45) is 2.39. The first-order valence-corrected chi connectivity index (χ1v) is 6.88. The van der Waals surface area contributed by atoms with Gasteiger partial charge in [0.05, 0.1) is 6.61 Å². The molecule has 1 N–H and O–H groups in total. The Balaban J connectivity index is 1.99. The number of halogens is 1. The van der Waals surface area contributed by atoms with Gasteiger partial charge in [-0.05, 0) is 62.7 Å². The Morgan fingerprint density at radius 3 is 2.63 bits per heavy atom. The highest BCUT2D eigenvalue weighted by Gasteiger charge is 2.18. The zero-order valence-electron chi connectivity index (χ0n) is 11.8. The maximum atomic E-state index is 13.5. The maximum Gasteiger partial charge on any atom is 0.125 e. The number of aliphatic hydroxyl groups excluding tert-OH is 1. The molecule has 1 heterocycles. The fourth-order valence-electron chi connectivity index (χ4n) is 2.68. The highest BCUT2D eigenvalue weighted by atomic mass is 19.1. The van der Waals surface area contributed by atoms with E-state index in [0.29, 0.717) is 11.5 Å². The summed E-state index contributed by atoms with van der Waals surface area (Å²) < 4.78 is 13.5. The van der Waals surface area contributed by atoms with E-state index in [-0.39, 0.29) is 12.4 Å². The van der Waals surface area contributed by atoms with E-state index in [4.69, 9.17) is 5.11 Å². The first-order valence-electron chi connectivity index (χ1n) is 6.88. The van der Waals surface area contributed by atoms with Crippen molar-refractivity contribution in [2.24, 2.45) is 5.92 Å². The summed E-state index contributed by atoms with van der Waals surface area (Å²) in [5, 5.41) is 9.13. The summed E-state index contributed by atoms with van der Waals surface area (Å²) in [6.45, 7) is 3.11. The third-order valence-corrected chi connectivity index (χ3v) is 3.94. The Labute approximate surface area is 114 Å². The lowest BCUT2D eigenvalue weighted by atomic mass is 9.96. The van der Waals surface area contributed by atoms with E-state index in [1.165, 1.54) is 25.0 Å². The molecule has 2 rings (SSSR count). The Kier molecular flexibility index (Phi) is 4.77. The number of likely N-dealkylation sites (tertiary alicyclic amines) is 1. The second-order valence-electron chi connectivity index (χ2n) is 5.60. The standard InChI is InChI=1S/C15H23FN2O/c1-17-5-3-12(4-6-17)10-18(2)15-8-13(11-19)7-14(16)9-15/h7-9,12,19H,3-6,10-11H2,1-2H3. The van der Waals surface area contributed by atoms with Crippen molar-refractivity contribution in [2.45, 2.75) is 19.4 Å². The molecule has 1 aromatic rings. The van der Waals surface area contributed by atoms with Gasteiger partial charge in [0, 0.05) is 19.3 Å². The monoisotopic (exact) mass is 266 g/mol. The van der Waals surface area contributed by atoms with Gasteiger partial charge < -0.3 is 14.9 Å². The van der Waals surface area contributed by atoms with Crippen LogP contribution < -0.4 is 4.90 Å². The first-order chi connectivity index (χ1) is 9.08. The van der Waals surface area contributed by atoms with E-state index in [1.54, 1.807) is 0 Å². The van der Waals surface area contributed by atoms with Crippen molar-refractivity contribution in [3.8, 4) is 0 Å². The Bertz CT molecular complexity index is 417. The van der Waals surface area contributed by atoms with Gasteiger partial charge in [0.25, 0.3) is 0 Å². The number of rotatable bonds is 4. The molecule has 0 atom stereocenters. The molecule has 1 aliphatic rings. The van der Waals surface area contributed by atoms with Gasteiger partial charge in [-0.1, -0.05) is 0 Å². The molecule has 0 saturated carbocycles. The Morgan fingerprint density at radius 1 is 1.32 bits per heavy atom. The maximum absolute atomic E-state index is 13.5. The summed E-state index contributed by atoms with van der Waals surface area (Å²) in [6, 6.07) is 4.78. The second-order valence-corrected chi connectivity index (χ2v) is 5.60. The van der Waals surface area contributed by atoms with Gasteiger partial charge in [-0.2, -0.15) is 0 Å².